The Morgan fingerprint density at radius 2 is 2.10 bits per heavy atom. The van der Waals surface area contributed by atoms with Crippen LogP contribution in [0.2, 0.25) is 0 Å². The highest BCUT2D eigenvalue weighted by Crippen LogP contribution is 2.14. The van der Waals surface area contributed by atoms with Crippen LogP contribution in [0.15, 0.2) is 35.7 Å². The van der Waals surface area contributed by atoms with Crippen LogP contribution in [0.25, 0.3) is 0 Å². The van der Waals surface area contributed by atoms with Gasteiger partial charge in [-0.05, 0) is 25.3 Å². The van der Waals surface area contributed by atoms with Crippen LogP contribution < -0.4 is 5.32 Å². The fourth-order valence-electron chi connectivity index (χ4n) is 1.86. The van der Waals surface area contributed by atoms with Gasteiger partial charge in [0.15, 0.2) is 5.13 Å². The molecule has 0 bridgehead atoms. The van der Waals surface area contributed by atoms with Crippen LogP contribution in [-0.4, -0.2) is 24.1 Å². The molecule has 0 saturated heterocycles. The third kappa shape index (κ3) is 6.06. The zero-order valence-corrected chi connectivity index (χ0v) is 13.0. The summed E-state index contributed by atoms with van der Waals surface area (Å²) in [5.41, 5.74) is 2.20. The lowest BCUT2D eigenvalue weighted by atomic mass is 10.2. The summed E-state index contributed by atoms with van der Waals surface area (Å²) >= 11 is 1.45. The Morgan fingerprint density at radius 1 is 1.29 bits per heavy atom. The van der Waals surface area contributed by atoms with Crippen LogP contribution in [0.3, 0.4) is 0 Å². The first-order valence-electron chi connectivity index (χ1n) is 7.07. The molecular weight excluding hydrogens is 284 g/mol. The highest BCUT2D eigenvalue weighted by Gasteiger charge is 2.04. The number of ether oxygens (including phenoxy) is 1. The van der Waals surface area contributed by atoms with E-state index in [0.29, 0.717) is 24.8 Å². The molecule has 0 aliphatic carbocycles. The molecule has 4 nitrogen and oxygen atoms in total. The fourth-order valence-corrected chi connectivity index (χ4v) is 2.57. The average Bonchev–Trinajstić information content (AvgIpc) is 2.89. The fraction of sp³-hybridized carbons (Fsp3) is 0.375. The van der Waals surface area contributed by atoms with Crippen LogP contribution in [-0.2, 0) is 16.0 Å². The van der Waals surface area contributed by atoms with E-state index in [1.807, 2.05) is 30.5 Å². The van der Waals surface area contributed by atoms with E-state index in [2.05, 4.69) is 22.4 Å². The smallest absolute Gasteiger partial charge is 0.226 e. The highest BCUT2D eigenvalue weighted by molar-refractivity contribution is 7.13. The lowest BCUT2D eigenvalue weighted by Gasteiger charge is -2.04. The SMILES string of the molecule is Cc1csc(NC(=O)CCCOCCc2ccccc2)n1. The minimum Gasteiger partial charge on any atom is -0.381 e. The van der Waals surface area contributed by atoms with Crippen LogP contribution in [0, 0.1) is 6.92 Å². The van der Waals surface area contributed by atoms with E-state index in [1.165, 1.54) is 16.9 Å². The van der Waals surface area contributed by atoms with Gasteiger partial charge in [-0.1, -0.05) is 30.3 Å². The van der Waals surface area contributed by atoms with Crippen molar-refractivity contribution in [2.75, 3.05) is 18.5 Å². The minimum atomic E-state index is -0.00370. The van der Waals surface area contributed by atoms with E-state index in [0.717, 1.165) is 18.5 Å². The molecule has 1 N–H and O–H groups in total. The maximum Gasteiger partial charge on any atom is 0.226 e. The third-order valence-electron chi connectivity index (χ3n) is 2.94. The number of aromatic nitrogens is 1. The van der Waals surface area contributed by atoms with Crippen LogP contribution >= 0.6 is 11.3 Å². The van der Waals surface area contributed by atoms with E-state index < -0.39 is 0 Å². The van der Waals surface area contributed by atoms with Crippen molar-refractivity contribution in [3.63, 3.8) is 0 Å². The number of hydrogen-bond donors (Lipinski definition) is 1. The van der Waals surface area contributed by atoms with Gasteiger partial charge in [0.25, 0.3) is 0 Å². The number of benzene rings is 1. The van der Waals surface area contributed by atoms with Gasteiger partial charge in [0, 0.05) is 18.4 Å². The molecule has 0 aliphatic rings. The Kier molecular flexibility index (Phi) is 6.37. The van der Waals surface area contributed by atoms with E-state index >= 15 is 0 Å². The lowest BCUT2D eigenvalue weighted by molar-refractivity contribution is -0.116. The second-order valence-corrected chi connectivity index (χ2v) is 5.65. The second kappa shape index (κ2) is 8.54. The average molecular weight is 304 g/mol. The zero-order chi connectivity index (χ0) is 14.9. The van der Waals surface area contributed by atoms with Gasteiger partial charge in [0.1, 0.15) is 0 Å². The minimum absolute atomic E-state index is 0.00370. The summed E-state index contributed by atoms with van der Waals surface area (Å²) < 4.78 is 5.55. The first-order valence-corrected chi connectivity index (χ1v) is 7.95. The predicted molar refractivity (Wildman–Crippen MR) is 85.7 cm³/mol. The van der Waals surface area contributed by atoms with Crippen molar-refractivity contribution in [3.05, 3.63) is 47.0 Å². The number of nitrogens with one attached hydrogen (secondary N) is 1. The van der Waals surface area contributed by atoms with Crippen molar-refractivity contribution >= 4 is 22.4 Å². The Labute approximate surface area is 129 Å². The van der Waals surface area contributed by atoms with Gasteiger partial charge >= 0.3 is 0 Å². The van der Waals surface area contributed by atoms with Gasteiger partial charge in [-0.2, -0.15) is 0 Å². The van der Waals surface area contributed by atoms with Crippen molar-refractivity contribution in [1.29, 1.82) is 0 Å². The Hall–Kier alpha value is -1.72. The molecule has 0 radical (unpaired) electrons. The third-order valence-corrected chi connectivity index (χ3v) is 3.81. The number of anilines is 1. The van der Waals surface area contributed by atoms with Gasteiger partial charge < -0.3 is 10.1 Å². The monoisotopic (exact) mass is 304 g/mol. The molecule has 5 heteroatoms. The molecule has 2 aromatic rings. The van der Waals surface area contributed by atoms with E-state index in [-0.39, 0.29) is 5.91 Å². The summed E-state index contributed by atoms with van der Waals surface area (Å²) in [6.07, 6.45) is 2.10. The molecule has 1 amide bonds. The normalized spacial score (nSPS) is 10.5. The molecule has 0 saturated carbocycles. The first-order chi connectivity index (χ1) is 10.2. The van der Waals surface area contributed by atoms with Gasteiger partial charge in [0.2, 0.25) is 5.91 Å². The summed E-state index contributed by atoms with van der Waals surface area (Å²) in [5, 5.41) is 5.38. The summed E-state index contributed by atoms with van der Waals surface area (Å²) in [6.45, 7) is 3.21. The van der Waals surface area contributed by atoms with Crippen molar-refractivity contribution in [1.82, 2.24) is 4.98 Å². The summed E-state index contributed by atoms with van der Waals surface area (Å²) in [4.78, 5) is 15.9. The number of carbonyl (C=O) groups is 1. The molecule has 0 unspecified atom stereocenters. The van der Waals surface area contributed by atoms with Gasteiger partial charge in [-0.3, -0.25) is 4.79 Å². The van der Waals surface area contributed by atoms with Crippen molar-refractivity contribution in [2.45, 2.75) is 26.2 Å². The van der Waals surface area contributed by atoms with Gasteiger partial charge in [0.05, 0.1) is 12.3 Å². The molecule has 1 aromatic carbocycles. The molecule has 0 aliphatic heterocycles. The summed E-state index contributed by atoms with van der Waals surface area (Å²) in [7, 11) is 0. The van der Waals surface area contributed by atoms with Crippen LogP contribution in [0.1, 0.15) is 24.1 Å². The van der Waals surface area contributed by atoms with Crippen LogP contribution in [0.5, 0.6) is 0 Å². The van der Waals surface area contributed by atoms with Crippen molar-refractivity contribution in [2.24, 2.45) is 0 Å². The number of thiazole rings is 1. The van der Waals surface area contributed by atoms with E-state index in [1.54, 1.807) is 0 Å². The summed E-state index contributed by atoms with van der Waals surface area (Å²) in [6, 6.07) is 10.2. The van der Waals surface area contributed by atoms with Crippen molar-refractivity contribution in [3.8, 4) is 0 Å². The number of carbonyl (C=O) groups excluding carboxylic acids is 1. The Morgan fingerprint density at radius 3 is 2.81 bits per heavy atom. The van der Waals surface area contributed by atoms with Crippen LogP contribution in [0.4, 0.5) is 5.13 Å². The number of rotatable bonds is 8. The Balaban J connectivity index is 1.52. The maximum atomic E-state index is 11.7. The molecule has 112 valence electrons. The molecule has 1 heterocycles. The van der Waals surface area contributed by atoms with Crippen molar-refractivity contribution < 1.29 is 9.53 Å². The topological polar surface area (TPSA) is 51.2 Å². The second-order valence-electron chi connectivity index (χ2n) is 4.79. The molecule has 0 spiro atoms. The number of nitrogens with zero attached hydrogens (tertiary/aromatic N) is 1. The quantitative estimate of drug-likeness (QED) is 0.760. The lowest BCUT2D eigenvalue weighted by Crippen LogP contribution is -2.12. The Bertz CT molecular complexity index is 554. The van der Waals surface area contributed by atoms with Gasteiger partial charge in [-0.25, -0.2) is 4.98 Å². The molecule has 0 fully saturated rings. The van der Waals surface area contributed by atoms with E-state index in [9.17, 15) is 4.79 Å². The van der Waals surface area contributed by atoms with E-state index in [4.69, 9.17) is 4.74 Å². The highest BCUT2D eigenvalue weighted by atomic mass is 32.1. The largest absolute Gasteiger partial charge is 0.381 e. The van der Waals surface area contributed by atoms with Gasteiger partial charge in [-0.15, -0.1) is 11.3 Å². The number of aryl methyl sites for hydroxylation is 1. The molecule has 2 rings (SSSR count). The number of amides is 1. The predicted octanol–water partition coefficient (Wildman–Crippen LogP) is 3.43. The maximum absolute atomic E-state index is 11.7. The molecule has 1 aromatic heterocycles. The number of hydrogen-bond acceptors (Lipinski definition) is 4. The zero-order valence-electron chi connectivity index (χ0n) is 12.2. The molecule has 0 atom stereocenters. The summed E-state index contributed by atoms with van der Waals surface area (Å²) in [5.74, 6) is -0.00370. The first kappa shape index (κ1) is 15.7. The molecule has 21 heavy (non-hydrogen) atoms. The molecular formula is C16H20N2O2S. The standard InChI is InChI=1S/C16H20N2O2S/c1-13-12-21-16(17-13)18-15(19)8-5-10-20-11-9-14-6-3-2-4-7-14/h2-4,6-7,12H,5,8-11H2,1H3,(H,17,18,19).